The molecule has 114 valence electrons. The van der Waals surface area contributed by atoms with Crippen LogP contribution in [0.15, 0.2) is 16.6 Å². The summed E-state index contributed by atoms with van der Waals surface area (Å²) in [6.45, 7) is 9.05. The van der Waals surface area contributed by atoms with Crippen LogP contribution >= 0.6 is 15.9 Å². The van der Waals surface area contributed by atoms with E-state index in [0.717, 1.165) is 34.2 Å². The highest BCUT2D eigenvalue weighted by Gasteiger charge is 2.43. The van der Waals surface area contributed by atoms with Crippen molar-refractivity contribution >= 4 is 27.0 Å². The standard InChI is InChI=1S/C17H24BrN3/c1-9-7-11(18)8-14-15(9)21-16(20-14)12-5-6-13(19)10(2)17(12,3)4/h7-8,10,12-13H,5-6,19H2,1-4H3,(H,20,21). The molecule has 1 heterocycles. The minimum Gasteiger partial charge on any atom is -0.342 e. The third kappa shape index (κ3) is 2.42. The van der Waals surface area contributed by atoms with Gasteiger partial charge in [0.05, 0.1) is 11.0 Å². The van der Waals surface area contributed by atoms with Gasteiger partial charge in [0, 0.05) is 16.4 Å². The molecule has 21 heavy (non-hydrogen) atoms. The Morgan fingerprint density at radius 1 is 1.33 bits per heavy atom. The van der Waals surface area contributed by atoms with E-state index < -0.39 is 0 Å². The summed E-state index contributed by atoms with van der Waals surface area (Å²) in [6, 6.07) is 4.54. The molecule has 0 spiro atoms. The van der Waals surface area contributed by atoms with Gasteiger partial charge >= 0.3 is 0 Å². The number of H-pyrrole nitrogens is 1. The molecule has 3 N–H and O–H groups in total. The van der Waals surface area contributed by atoms with Gasteiger partial charge < -0.3 is 10.7 Å². The fourth-order valence-corrected chi connectivity index (χ4v) is 4.34. The van der Waals surface area contributed by atoms with Gasteiger partial charge in [0.1, 0.15) is 5.82 Å². The van der Waals surface area contributed by atoms with Crippen LogP contribution in [0.25, 0.3) is 11.0 Å². The van der Waals surface area contributed by atoms with Gasteiger partial charge in [-0.15, -0.1) is 0 Å². The van der Waals surface area contributed by atoms with Crippen molar-refractivity contribution in [2.75, 3.05) is 0 Å². The molecule has 0 amide bonds. The van der Waals surface area contributed by atoms with Crippen LogP contribution in [0.2, 0.25) is 0 Å². The number of aromatic amines is 1. The first-order valence-electron chi connectivity index (χ1n) is 7.72. The topological polar surface area (TPSA) is 54.7 Å². The number of imidazole rings is 1. The Labute approximate surface area is 134 Å². The third-order valence-electron chi connectivity index (χ3n) is 5.59. The third-order valence-corrected chi connectivity index (χ3v) is 6.05. The zero-order valence-corrected chi connectivity index (χ0v) is 14.8. The van der Waals surface area contributed by atoms with Crippen molar-refractivity contribution in [3.8, 4) is 0 Å². The van der Waals surface area contributed by atoms with Gasteiger partial charge in [-0.3, -0.25) is 0 Å². The molecule has 0 saturated heterocycles. The van der Waals surface area contributed by atoms with Crippen LogP contribution < -0.4 is 5.73 Å². The number of fused-ring (bicyclic) bond motifs is 1. The molecule has 3 nitrogen and oxygen atoms in total. The van der Waals surface area contributed by atoms with Gasteiger partial charge in [0.25, 0.3) is 0 Å². The first-order chi connectivity index (χ1) is 9.80. The van der Waals surface area contributed by atoms with E-state index in [1.165, 1.54) is 5.56 Å². The Bertz CT molecular complexity index is 674. The SMILES string of the molecule is Cc1cc(Br)cc2[nH]c(C3CCC(N)C(C)C3(C)C)nc12. The van der Waals surface area contributed by atoms with Crippen molar-refractivity contribution in [1.29, 1.82) is 0 Å². The number of hydrogen-bond donors (Lipinski definition) is 2. The van der Waals surface area contributed by atoms with Gasteiger partial charge in [0.2, 0.25) is 0 Å². The number of aromatic nitrogens is 2. The lowest BCUT2D eigenvalue weighted by Gasteiger charge is -2.46. The van der Waals surface area contributed by atoms with E-state index in [1.54, 1.807) is 0 Å². The molecule has 4 heteroatoms. The summed E-state index contributed by atoms with van der Waals surface area (Å²) in [7, 11) is 0. The van der Waals surface area contributed by atoms with E-state index in [9.17, 15) is 0 Å². The van der Waals surface area contributed by atoms with Crippen molar-refractivity contribution in [3.05, 3.63) is 28.0 Å². The average Bonchev–Trinajstić information content (AvgIpc) is 2.79. The molecule has 1 fully saturated rings. The van der Waals surface area contributed by atoms with Gasteiger partial charge in [-0.25, -0.2) is 4.98 Å². The fourth-order valence-electron chi connectivity index (χ4n) is 3.77. The Morgan fingerprint density at radius 2 is 2.05 bits per heavy atom. The maximum atomic E-state index is 6.28. The van der Waals surface area contributed by atoms with E-state index in [0.29, 0.717) is 17.9 Å². The zero-order valence-electron chi connectivity index (χ0n) is 13.2. The molecule has 1 aromatic heterocycles. The number of nitrogens with one attached hydrogen (secondary N) is 1. The lowest BCUT2D eigenvalue weighted by Crippen LogP contribution is -2.46. The monoisotopic (exact) mass is 349 g/mol. The highest BCUT2D eigenvalue weighted by Crippen LogP contribution is 2.49. The number of nitrogens with two attached hydrogens (primary N) is 1. The molecule has 1 aromatic carbocycles. The largest absolute Gasteiger partial charge is 0.342 e. The summed E-state index contributed by atoms with van der Waals surface area (Å²) in [5.41, 5.74) is 9.86. The van der Waals surface area contributed by atoms with Crippen LogP contribution in [0.4, 0.5) is 0 Å². The smallest absolute Gasteiger partial charge is 0.110 e. The van der Waals surface area contributed by atoms with Crippen molar-refractivity contribution in [2.45, 2.75) is 52.5 Å². The second kappa shape index (κ2) is 5.10. The predicted molar refractivity (Wildman–Crippen MR) is 91.4 cm³/mol. The molecule has 0 radical (unpaired) electrons. The van der Waals surface area contributed by atoms with Crippen LogP contribution in [0.3, 0.4) is 0 Å². The first kappa shape index (κ1) is 15.0. The first-order valence-corrected chi connectivity index (χ1v) is 8.51. The summed E-state index contributed by atoms with van der Waals surface area (Å²) in [4.78, 5) is 8.47. The van der Waals surface area contributed by atoms with Gasteiger partial charge in [0.15, 0.2) is 0 Å². The zero-order chi connectivity index (χ0) is 15.4. The molecular formula is C17H24BrN3. The molecule has 1 aliphatic rings. The van der Waals surface area contributed by atoms with E-state index in [2.05, 4.69) is 60.7 Å². The van der Waals surface area contributed by atoms with Crippen LogP contribution in [0.5, 0.6) is 0 Å². The van der Waals surface area contributed by atoms with Crippen molar-refractivity contribution < 1.29 is 0 Å². The number of hydrogen-bond acceptors (Lipinski definition) is 2. The van der Waals surface area contributed by atoms with Gasteiger partial charge in [-0.1, -0.05) is 36.7 Å². The van der Waals surface area contributed by atoms with E-state index in [1.807, 2.05) is 0 Å². The molecule has 2 aromatic rings. The van der Waals surface area contributed by atoms with Crippen LogP contribution in [-0.4, -0.2) is 16.0 Å². The van der Waals surface area contributed by atoms with Crippen LogP contribution in [-0.2, 0) is 0 Å². The molecule has 3 rings (SSSR count). The van der Waals surface area contributed by atoms with Crippen molar-refractivity contribution in [2.24, 2.45) is 17.1 Å². The highest BCUT2D eigenvalue weighted by atomic mass is 79.9. The Balaban J connectivity index is 2.06. The maximum Gasteiger partial charge on any atom is 0.110 e. The summed E-state index contributed by atoms with van der Waals surface area (Å²) >= 11 is 3.56. The Hall–Kier alpha value is -0.870. The second-order valence-corrected chi connectivity index (χ2v) is 8.06. The number of benzene rings is 1. The van der Waals surface area contributed by atoms with E-state index >= 15 is 0 Å². The minimum atomic E-state index is 0.163. The van der Waals surface area contributed by atoms with Crippen molar-refractivity contribution in [1.82, 2.24) is 9.97 Å². The van der Waals surface area contributed by atoms with E-state index in [4.69, 9.17) is 10.7 Å². The Kier molecular flexibility index (Phi) is 3.65. The molecule has 3 atom stereocenters. The van der Waals surface area contributed by atoms with Crippen molar-refractivity contribution in [3.63, 3.8) is 0 Å². The molecule has 0 bridgehead atoms. The van der Waals surface area contributed by atoms with Gasteiger partial charge in [-0.2, -0.15) is 0 Å². The number of halogens is 1. The quantitative estimate of drug-likeness (QED) is 0.796. The highest BCUT2D eigenvalue weighted by molar-refractivity contribution is 9.10. The normalized spacial score (nSPS) is 29.0. The maximum absolute atomic E-state index is 6.28. The lowest BCUT2D eigenvalue weighted by atomic mass is 9.61. The summed E-state index contributed by atoms with van der Waals surface area (Å²) in [6.07, 6.45) is 2.19. The number of rotatable bonds is 1. The minimum absolute atomic E-state index is 0.163. The van der Waals surface area contributed by atoms with Crippen LogP contribution in [0.1, 0.15) is 50.9 Å². The summed E-state index contributed by atoms with van der Waals surface area (Å²) in [5, 5.41) is 0. The van der Waals surface area contributed by atoms with Crippen LogP contribution in [0, 0.1) is 18.3 Å². The molecule has 1 aliphatic carbocycles. The number of aryl methyl sites for hydroxylation is 1. The second-order valence-electron chi connectivity index (χ2n) is 7.14. The predicted octanol–water partition coefficient (Wildman–Crippen LogP) is 4.50. The summed E-state index contributed by atoms with van der Waals surface area (Å²) in [5.74, 6) is 2.06. The fraction of sp³-hybridized carbons (Fsp3) is 0.588. The number of nitrogens with zero attached hydrogens (tertiary/aromatic N) is 1. The average molecular weight is 350 g/mol. The molecular weight excluding hydrogens is 326 g/mol. The molecule has 1 saturated carbocycles. The molecule has 0 aliphatic heterocycles. The molecule has 3 unspecified atom stereocenters. The summed E-state index contributed by atoms with van der Waals surface area (Å²) < 4.78 is 1.10. The Morgan fingerprint density at radius 3 is 2.76 bits per heavy atom. The lowest BCUT2D eigenvalue weighted by molar-refractivity contribution is 0.0954. The van der Waals surface area contributed by atoms with Gasteiger partial charge in [-0.05, 0) is 48.8 Å². The van der Waals surface area contributed by atoms with E-state index in [-0.39, 0.29) is 5.41 Å².